The lowest BCUT2D eigenvalue weighted by molar-refractivity contribution is -0.134. The molecule has 0 aromatic rings. The largest absolute Gasteiger partial charge is 0.441 e. The van der Waals surface area contributed by atoms with Crippen molar-refractivity contribution in [3.63, 3.8) is 0 Å². The predicted molar refractivity (Wildman–Crippen MR) is 118 cm³/mol. The van der Waals surface area contributed by atoms with Crippen LogP contribution in [0.5, 0.6) is 0 Å². The number of piperidine rings is 1. The molecule has 10 heteroatoms. The average Bonchev–Trinajstić information content (AvgIpc) is 2.96. The van der Waals surface area contributed by atoms with Crippen molar-refractivity contribution in [3.8, 4) is 0 Å². The monoisotopic (exact) mass is 453 g/mol. The van der Waals surface area contributed by atoms with Crippen molar-refractivity contribution in [2.24, 2.45) is 5.73 Å². The van der Waals surface area contributed by atoms with Crippen molar-refractivity contribution in [2.75, 3.05) is 65.4 Å². The van der Waals surface area contributed by atoms with E-state index in [1.54, 1.807) is 0 Å². The quantitative estimate of drug-likeness (QED) is 0.646. The van der Waals surface area contributed by atoms with E-state index < -0.39 is 5.60 Å². The molecule has 0 aromatic carbocycles. The first-order valence-electron chi connectivity index (χ1n) is 10.3. The Morgan fingerprint density at radius 3 is 2.24 bits per heavy atom. The molecule has 3 rings (SSSR count). The van der Waals surface area contributed by atoms with Crippen molar-refractivity contribution in [1.29, 1.82) is 0 Å². The Hall–Kier alpha value is -0.800. The van der Waals surface area contributed by atoms with Gasteiger partial charge in [0.15, 0.2) is 0 Å². The van der Waals surface area contributed by atoms with E-state index in [4.69, 9.17) is 10.5 Å². The van der Waals surface area contributed by atoms with E-state index in [1.165, 1.54) is 0 Å². The standard InChI is InChI=1S/C19H35N5O3.2ClH/c1-16(2)22-12-9-21(10-13-22)11-14-24-15-19(27-18(24)26)4-7-23(8-5-19)17(25)3-6-20;;/h16H,3-15,20H2,1-2H3;2*1H. The maximum absolute atomic E-state index is 12.4. The molecule has 3 heterocycles. The Bertz CT molecular complexity index is 536. The first-order valence-corrected chi connectivity index (χ1v) is 10.3. The highest BCUT2D eigenvalue weighted by Gasteiger charge is 2.47. The molecule has 8 nitrogen and oxygen atoms in total. The SMILES string of the molecule is CC(C)N1CCN(CCN2CC3(CCN(C(=O)CCN)CC3)OC2=O)CC1.Cl.Cl. The molecule has 3 saturated heterocycles. The van der Waals surface area contributed by atoms with Gasteiger partial charge in [-0.05, 0) is 13.8 Å². The summed E-state index contributed by atoms with van der Waals surface area (Å²) in [6, 6.07) is 0.600. The zero-order valence-corrected chi connectivity index (χ0v) is 19.3. The van der Waals surface area contributed by atoms with Gasteiger partial charge in [-0.3, -0.25) is 14.6 Å². The Kier molecular flexibility index (Phi) is 10.5. The summed E-state index contributed by atoms with van der Waals surface area (Å²) in [7, 11) is 0. The molecule has 2 N–H and O–H groups in total. The van der Waals surface area contributed by atoms with E-state index in [2.05, 4.69) is 23.6 Å². The van der Waals surface area contributed by atoms with Crippen LogP contribution >= 0.6 is 24.8 Å². The third-order valence-electron chi connectivity index (χ3n) is 6.25. The molecule has 0 bridgehead atoms. The number of nitrogens with two attached hydrogens (primary N) is 1. The predicted octanol–water partition coefficient (Wildman–Crippen LogP) is 1.02. The Morgan fingerprint density at radius 2 is 1.69 bits per heavy atom. The number of hydrogen-bond acceptors (Lipinski definition) is 6. The van der Waals surface area contributed by atoms with Crippen molar-refractivity contribution in [3.05, 3.63) is 0 Å². The molecule has 0 aromatic heterocycles. The molecule has 29 heavy (non-hydrogen) atoms. The molecule has 0 unspecified atom stereocenters. The lowest BCUT2D eigenvalue weighted by Crippen LogP contribution is -2.51. The van der Waals surface area contributed by atoms with Crippen molar-refractivity contribution in [2.45, 2.75) is 44.8 Å². The second kappa shape index (κ2) is 11.6. The topological polar surface area (TPSA) is 82.3 Å². The summed E-state index contributed by atoms with van der Waals surface area (Å²) in [5.74, 6) is 0.106. The molecular weight excluding hydrogens is 417 g/mol. The van der Waals surface area contributed by atoms with Crippen LogP contribution in [0.15, 0.2) is 0 Å². The summed E-state index contributed by atoms with van der Waals surface area (Å²) in [6.07, 6.45) is 1.64. The highest BCUT2D eigenvalue weighted by Crippen LogP contribution is 2.33. The van der Waals surface area contributed by atoms with Gasteiger partial charge >= 0.3 is 6.09 Å². The van der Waals surface area contributed by atoms with Gasteiger partial charge in [-0.2, -0.15) is 0 Å². The maximum Gasteiger partial charge on any atom is 0.410 e. The smallest absolute Gasteiger partial charge is 0.410 e. The molecule has 170 valence electrons. The number of nitrogens with zero attached hydrogens (tertiary/aromatic N) is 4. The van der Waals surface area contributed by atoms with Crippen molar-refractivity contribution < 1.29 is 14.3 Å². The minimum atomic E-state index is -0.410. The summed E-state index contributed by atoms with van der Waals surface area (Å²) in [6.45, 7) is 12.7. The first-order chi connectivity index (χ1) is 12.9. The van der Waals surface area contributed by atoms with Gasteiger partial charge in [0.05, 0.1) is 6.54 Å². The minimum absolute atomic E-state index is 0. The van der Waals surface area contributed by atoms with Crippen LogP contribution in [0.1, 0.15) is 33.1 Å². The molecule has 1 spiro atoms. The van der Waals surface area contributed by atoms with Crippen LogP contribution < -0.4 is 5.73 Å². The van der Waals surface area contributed by atoms with Crippen LogP contribution in [-0.2, 0) is 9.53 Å². The van der Waals surface area contributed by atoms with Crippen LogP contribution in [0.3, 0.4) is 0 Å². The number of carbonyl (C=O) groups excluding carboxylic acids is 2. The third kappa shape index (κ3) is 6.59. The van der Waals surface area contributed by atoms with E-state index in [-0.39, 0.29) is 36.8 Å². The minimum Gasteiger partial charge on any atom is -0.441 e. The number of carbonyl (C=O) groups is 2. The van der Waals surface area contributed by atoms with Gasteiger partial charge in [0.2, 0.25) is 5.91 Å². The molecule has 3 aliphatic rings. The van der Waals surface area contributed by atoms with Gasteiger partial charge in [-0.15, -0.1) is 24.8 Å². The van der Waals surface area contributed by atoms with Gasteiger partial charge in [-0.1, -0.05) is 0 Å². The van der Waals surface area contributed by atoms with Crippen LogP contribution in [0, 0.1) is 0 Å². The van der Waals surface area contributed by atoms with Gasteiger partial charge in [0.25, 0.3) is 0 Å². The first kappa shape index (κ1) is 26.2. The molecule has 3 aliphatic heterocycles. The number of likely N-dealkylation sites (tertiary alicyclic amines) is 1. The fraction of sp³-hybridized carbons (Fsp3) is 0.895. The van der Waals surface area contributed by atoms with Crippen LogP contribution in [-0.4, -0.2) is 109 Å². The summed E-state index contributed by atoms with van der Waals surface area (Å²) < 4.78 is 5.78. The van der Waals surface area contributed by atoms with Crippen LogP contribution in [0.25, 0.3) is 0 Å². The summed E-state index contributed by atoms with van der Waals surface area (Å²) in [5, 5.41) is 0. The summed E-state index contributed by atoms with van der Waals surface area (Å²) in [5.41, 5.74) is 5.07. The van der Waals surface area contributed by atoms with Gasteiger partial charge in [-0.25, -0.2) is 4.79 Å². The maximum atomic E-state index is 12.4. The molecule has 0 saturated carbocycles. The Morgan fingerprint density at radius 1 is 1.07 bits per heavy atom. The number of rotatable bonds is 6. The highest BCUT2D eigenvalue weighted by atomic mass is 35.5. The van der Waals surface area contributed by atoms with E-state index in [1.807, 2.05) is 9.80 Å². The second-order valence-electron chi connectivity index (χ2n) is 8.36. The highest BCUT2D eigenvalue weighted by molar-refractivity contribution is 5.85. The van der Waals surface area contributed by atoms with Crippen LogP contribution in [0.2, 0.25) is 0 Å². The number of amides is 2. The molecule has 0 aliphatic carbocycles. The summed E-state index contributed by atoms with van der Waals surface area (Å²) in [4.78, 5) is 33.0. The zero-order chi connectivity index (χ0) is 19.4. The van der Waals surface area contributed by atoms with Crippen molar-refractivity contribution in [1.82, 2.24) is 19.6 Å². The van der Waals surface area contributed by atoms with E-state index in [0.29, 0.717) is 38.6 Å². The lowest BCUT2D eigenvalue weighted by atomic mass is 9.91. The normalized spacial score (nSPS) is 22.4. The fourth-order valence-corrected chi connectivity index (χ4v) is 4.34. The molecule has 3 fully saturated rings. The third-order valence-corrected chi connectivity index (χ3v) is 6.25. The molecular formula is C19H37Cl2N5O3. The molecule has 2 amide bonds. The van der Waals surface area contributed by atoms with Crippen LogP contribution in [0.4, 0.5) is 4.79 Å². The van der Waals surface area contributed by atoms with E-state index in [0.717, 1.165) is 52.1 Å². The lowest BCUT2D eigenvalue weighted by Gasteiger charge is -2.38. The van der Waals surface area contributed by atoms with Crippen molar-refractivity contribution >= 4 is 36.8 Å². The van der Waals surface area contributed by atoms with Gasteiger partial charge < -0.3 is 20.3 Å². The number of hydrogen-bond donors (Lipinski definition) is 1. The zero-order valence-electron chi connectivity index (χ0n) is 17.7. The molecule has 0 radical (unpaired) electrons. The summed E-state index contributed by atoms with van der Waals surface area (Å²) >= 11 is 0. The van der Waals surface area contributed by atoms with E-state index >= 15 is 0 Å². The number of halogens is 2. The average molecular weight is 454 g/mol. The van der Waals surface area contributed by atoms with Gasteiger partial charge in [0, 0.05) is 84.2 Å². The number of piperazine rings is 1. The molecule has 0 atom stereocenters. The fourth-order valence-electron chi connectivity index (χ4n) is 4.34. The van der Waals surface area contributed by atoms with E-state index in [9.17, 15) is 9.59 Å². The Balaban J connectivity index is 0.00000210. The Labute approximate surface area is 186 Å². The van der Waals surface area contributed by atoms with Gasteiger partial charge in [0.1, 0.15) is 5.60 Å². The second-order valence-corrected chi connectivity index (χ2v) is 8.36. The number of ether oxygens (including phenoxy) is 1.